The molecule has 0 N–H and O–H groups in total. The lowest BCUT2D eigenvalue weighted by atomic mass is 9.78. The van der Waals surface area contributed by atoms with Gasteiger partial charge in [0.25, 0.3) is 0 Å². The van der Waals surface area contributed by atoms with Gasteiger partial charge in [-0.15, -0.1) is 0 Å². The number of hydrogen-bond donors (Lipinski definition) is 0. The molecule has 2 aromatic rings. The van der Waals surface area contributed by atoms with Crippen LogP contribution >= 0.6 is 0 Å². The van der Waals surface area contributed by atoms with Crippen LogP contribution in [0.15, 0.2) is 48.5 Å². The van der Waals surface area contributed by atoms with E-state index in [9.17, 15) is 4.79 Å². The van der Waals surface area contributed by atoms with E-state index in [-0.39, 0.29) is 11.4 Å². The molecule has 21 heavy (non-hydrogen) atoms. The molecule has 0 unspecified atom stereocenters. The Balaban J connectivity index is 2.24. The van der Waals surface area contributed by atoms with E-state index in [1.165, 1.54) is 16.7 Å². The first-order chi connectivity index (χ1) is 9.93. The molecule has 0 aliphatic carbocycles. The van der Waals surface area contributed by atoms with Gasteiger partial charge in [-0.05, 0) is 30.2 Å². The molecule has 2 nitrogen and oxygen atoms in total. The Morgan fingerprint density at radius 1 is 0.952 bits per heavy atom. The topological polar surface area (TPSA) is 26.3 Å². The first-order valence-electron chi connectivity index (χ1n) is 7.32. The van der Waals surface area contributed by atoms with Gasteiger partial charge in [-0.3, -0.25) is 4.79 Å². The number of hydrogen-bond acceptors (Lipinski definition) is 2. The van der Waals surface area contributed by atoms with Gasteiger partial charge in [0, 0.05) is 11.8 Å². The Morgan fingerprint density at radius 2 is 1.43 bits per heavy atom. The van der Waals surface area contributed by atoms with Crippen molar-refractivity contribution in [1.29, 1.82) is 0 Å². The zero-order valence-electron chi connectivity index (χ0n) is 13.1. The third-order valence-corrected chi connectivity index (χ3v) is 3.87. The van der Waals surface area contributed by atoms with E-state index < -0.39 is 0 Å². The lowest BCUT2D eigenvalue weighted by Gasteiger charge is -2.26. The second kappa shape index (κ2) is 6.13. The van der Waals surface area contributed by atoms with Crippen molar-refractivity contribution in [2.75, 3.05) is 0 Å². The molecule has 2 aromatic carbocycles. The Morgan fingerprint density at radius 3 is 1.90 bits per heavy atom. The maximum Gasteiger partial charge on any atom is 0.310 e. The van der Waals surface area contributed by atoms with Crippen LogP contribution < -0.4 is 4.74 Å². The van der Waals surface area contributed by atoms with E-state index in [0.29, 0.717) is 12.2 Å². The van der Waals surface area contributed by atoms with Crippen molar-refractivity contribution >= 4 is 5.97 Å². The molecule has 0 saturated carbocycles. The number of ether oxygens (including phenoxy) is 1. The summed E-state index contributed by atoms with van der Waals surface area (Å²) in [6, 6.07) is 16.4. The van der Waals surface area contributed by atoms with Crippen molar-refractivity contribution in [3.8, 4) is 5.75 Å². The largest absolute Gasteiger partial charge is 0.427 e. The molecule has 110 valence electrons. The Hall–Kier alpha value is -2.09. The molecule has 2 rings (SSSR count). The van der Waals surface area contributed by atoms with Gasteiger partial charge in [-0.25, -0.2) is 0 Å². The third kappa shape index (κ3) is 3.52. The van der Waals surface area contributed by atoms with Crippen molar-refractivity contribution < 1.29 is 9.53 Å². The minimum atomic E-state index is -0.208. The third-order valence-electron chi connectivity index (χ3n) is 3.87. The maximum absolute atomic E-state index is 11.3. The summed E-state index contributed by atoms with van der Waals surface area (Å²) in [5, 5.41) is 0. The normalized spacial score (nSPS) is 11.2. The highest BCUT2D eigenvalue weighted by molar-refractivity contribution is 5.71. The molecule has 0 saturated heterocycles. The van der Waals surface area contributed by atoms with Gasteiger partial charge in [0.2, 0.25) is 0 Å². The number of carbonyl (C=O) groups excluding carboxylic acids is 1. The smallest absolute Gasteiger partial charge is 0.310 e. The second-order valence-corrected chi connectivity index (χ2v) is 5.84. The number of esters is 1. The summed E-state index contributed by atoms with van der Waals surface area (Å²) in [4.78, 5) is 11.3. The van der Waals surface area contributed by atoms with Crippen molar-refractivity contribution in [2.45, 2.75) is 39.5 Å². The van der Waals surface area contributed by atoms with Crippen molar-refractivity contribution in [3.63, 3.8) is 0 Å². The number of rotatable bonds is 4. The first kappa shape index (κ1) is 15.3. The van der Waals surface area contributed by atoms with Crippen molar-refractivity contribution in [2.24, 2.45) is 0 Å². The molecule has 0 fully saturated rings. The molecule has 0 aromatic heterocycles. The molecule has 0 amide bonds. The van der Waals surface area contributed by atoms with Crippen LogP contribution in [0, 0.1) is 6.92 Å². The van der Waals surface area contributed by atoms with Gasteiger partial charge in [0.1, 0.15) is 5.75 Å². The van der Waals surface area contributed by atoms with E-state index in [2.05, 4.69) is 45.0 Å². The van der Waals surface area contributed by atoms with Crippen LogP contribution in [0.5, 0.6) is 5.75 Å². The zero-order chi connectivity index (χ0) is 15.5. The van der Waals surface area contributed by atoms with Crippen molar-refractivity contribution in [3.05, 3.63) is 65.2 Å². The molecular weight excluding hydrogens is 260 g/mol. The van der Waals surface area contributed by atoms with Crippen LogP contribution in [0.4, 0.5) is 0 Å². The summed E-state index contributed by atoms with van der Waals surface area (Å²) in [7, 11) is 0. The van der Waals surface area contributed by atoms with Crippen LogP contribution in [0.2, 0.25) is 0 Å². The van der Waals surface area contributed by atoms with Crippen LogP contribution in [0.25, 0.3) is 0 Å². The monoisotopic (exact) mass is 282 g/mol. The molecule has 0 bridgehead atoms. The van der Waals surface area contributed by atoms with Crippen molar-refractivity contribution in [1.82, 2.24) is 0 Å². The van der Waals surface area contributed by atoms with Crippen LogP contribution in [-0.2, 0) is 10.2 Å². The fourth-order valence-electron chi connectivity index (χ4n) is 2.28. The molecular formula is C19H22O2. The van der Waals surface area contributed by atoms with E-state index >= 15 is 0 Å². The molecule has 0 aliphatic heterocycles. The molecule has 0 heterocycles. The van der Waals surface area contributed by atoms with Gasteiger partial charge < -0.3 is 4.74 Å². The Kier molecular flexibility index (Phi) is 4.46. The van der Waals surface area contributed by atoms with E-state index in [1.807, 2.05) is 24.3 Å². The average molecular weight is 282 g/mol. The number of aryl methyl sites for hydroxylation is 1. The van der Waals surface area contributed by atoms with Gasteiger partial charge >= 0.3 is 5.97 Å². The average Bonchev–Trinajstić information content (AvgIpc) is 2.48. The number of carbonyl (C=O) groups is 1. The highest BCUT2D eigenvalue weighted by Gasteiger charge is 2.22. The highest BCUT2D eigenvalue weighted by atomic mass is 16.5. The van der Waals surface area contributed by atoms with E-state index in [1.54, 1.807) is 6.92 Å². The summed E-state index contributed by atoms with van der Waals surface area (Å²) in [5.74, 6) is 0.394. The van der Waals surface area contributed by atoms with Gasteiger partial charge in [-0.1, -0.05) is 62.7 Å². The van der Waals surface area contributed by atoms with E-state index in [0.717, 1.165) is 0 Å². The SMILES string of the molecule is CCC(=O)Oc1ccc(C(C)(C)c2ccc(C)cc2)cc1. The van der Waals surface area contributed by atoms with E-state index in [4.69, 9.17) is 4.74 Å². The van der Waals surface area contributed by atoms with Gasteiger partial charge in [0.15, 0.2) is 0 Å². The fourth-order valence-corrected chi connectivity index (χ4v) is 2.28. The summed E-state index contributed by atoms with van der Waals surface area (Å²) >= 11 is 0. The van der Waals surface area contributed by atoms with Crippen LogP contribution in [0.1, 0.15) is 43.9 Å². The zero-order valence-corrected chi connectivity index (χ0v) is 13.1. The highest BCUT2D eigenvalue weighted by Crippen LogP contribution is 2.32. The summed E-state index contributed by atoms with van der Waals surface area (Å²) < 4.78 is 5.21. The minimum Gasteiger partial charge on any atom is -0.427 e. The molecule has 0 radical (unpaired) electrons. The quantitative estimate of drug-likeness (QED) is 0.603. The second-order valence-electron chi connectivity index (χ2n) is 5.84. The summed E-state index contributed by atoms with van der Waals surface area (Å²) in [6.07, 6.45) is 0.386. The van der Waals surface area contributed by atoms with Crippen LogP contribution in [0.3, 0.4) is 0 Å². The maximum atomic E-state index is 11.3. The van der Waals surface area contributed by atoms with Crippen LogP contribution in [-0.4, -0.2) is 5.97 Å². The molecule has 0 atom stereocenters. The lowest BCUT2D eigenvalue weighted by molar-refractivity contribution is -0.134. The minimum absolute atomic E-state index is 0.0823. The summed E-state index contributed by atoms with van der Waals surface area (Å²) in [5.41, 5.74) is 3.64. The Bertz CT molecular complexity index is 607. The predicted molar refractivity (Wildman–Crippen MR) is 85.7 cm³/mol. The predicted octanol–water partition coefficient (Wildman–Crippen LogP) is 4.64. The molecule has 2 heteroatoms. The Labute approximate surface area is 126 Å². The van der Waals surface area contributed by atoms with Gasteiger partial charge in [-0.2, -0.15) is 0 Å². The molecule has 0 aliphatic rings. The molecule has 0 spiro atoms. The number of benzene rings is 2. The standard InChI is InChI=1S/C19H22O2/c1-5-18(20)21-17-12-10-16(11-13-17)19(3,4)15-8-6-14(2)7-9-15/h6-13H,5H2,1-4H3. The fraction of sp³-hybridized carbons (Fsp3) is 0.316. The lowest BCUT2D eigenvalue weighted by Crippen LogP contribution is -2.18. The summed E-state index contributed by atoms with van der Waals surface area (Å²) in [6.45, 7) is 8.28. The first-order valence-corrected chi connectivity index (χ1v) is 7.32. The van der Waals surface area contributed by atoms with Gasteiger partial charge in [0.05, 0.1) is 0 Å².